The number of nitrogens with zero attached hydrogens (tertiary/aromatic N) is 7. The smallest absolute Gasteiger partial charge is 0.207 e. The lowest BCUT2D eigenvalue weighted by molar-refractivity contribution is -0.110. The molecular weight excluding hydrogens is 500 g/mol. The molecule has 1 fully saturated rings. The number of aromatic nitrogens is 7. The number of nitrogens with one attached hydrogen (secondary N) is 1. The number of carbonyl (C=O) groups is 1. The normalized spacial score (nSPS) is 17.7. The molecule has 192 valence electrons. The number of halogens is 1. The van der Waals surface area contributed by atoms with Crippen LogP contribution in [0, 0.1) is 12.8 Å². The Labute approximate surface area is 218 Å². The maximum Gasteiger partial charge on any atom is 0.207 e. The molecule has 1 aliphatic carbocycles. The van der Waals surface area contributed by atoms with E-state index in [-0.39, 0.29) is 18.7 Å². The van der Waals surface area contributed by atoms with Gasteiger partial charge >= 0.3 is 0 Å². The molecule has 0 saturated heterocycles. The first-order valence-electron chi connectivity index (χ1n) is 12.0. The van der Waals surface area contributed by atoms with E-state index in [1.54, 1.807) is 12.4 Å². The molecule has 2 unspecified atom stereocenters. The number of aryl methyl sites for hydroxylation is 1. The highest BCUT2D eigenvalue weighted by molar-refractivity contribution is 7.15. The predicted octanol–water partition coefficient (Wildman–Crippen LogP) is 4.04. The summed E-state index contributed by atoms with van der Waals surface area (Å²) in [5.41, 5.74) is 2.35. The number of hydrogen-bond donors (Lipinski definition) is 2. The highest BCUT2D eigenvalue weighted by Gasteiger charge is 2.27. The summed E-state index contributed by atoms with van der Waals surface area (Å²) < 4.78 is 3.09. The molecule has 0 radical (unpaired) electrons. The molecule has 10 nitrogen and oxygen atoms in total. The van der Waals surface area contributed by atoms with Crippen LogP contribution < -0.4 is 5.32 Å². The van der Waals surface area contributed by atoms with Crippen molar-refractivity contribution in [3.63, 3.8) is 0 Å². The van der Waals surface area contributed by atoms with Gasteiger partial charge in [0.25, 0.3) is 0 Å². The van der Waals surface area contributed by atoms with Crippen molar-refractivity contribution in [1.82, 2.24) is 39.8 Å². The molecule has 0 aromatic carbocycles. The molecule has 5 rings (SSSR count). The highest BCUT2D eigenvalue weighted by atomic mass is 35.5. The van der Waals surface area contributed by atoms with E-state index >= 15 is 0 Å². The second kappa shape index (κ2) is 11.9. The lowest BCUT2D eigenvalue weighted by Gasteiger charge is -2.31. The largest absolute Gasteiger partial charge is 0.390 e. The average Bonchev–Trinajstić information content (AvgIpc) is 3.57. The molecule has 0 aliphatic heterocycles. The first-order chi connectivity index (χ1) is 17.4. The summed E-state index contributed by atoms with van der Waals surface area (Å²) in [4.78, 5) is 25.6. The van der Waals surface area contributed by atoms with Gasteiger partial charge in [0.1, 0.15) is 21.4 Å². The SMILES string of the molecule is CC(C)Cc1nc2cnc(-n3ncc(CO)n3)cc2n1C1CCCC(NC=O)C1.Cc1ncc(Cl)s1. The van der Waals surface area contributed by atoms with Gasteiger partial charge in [0.05, 0.1) is 35.7 Å². The van der Waals surface area contributed by atoms with Crippen molar-refractivity contribution >= 4 is 40.4 Å². The summed E-state index contributed by atoms with van der Waals surface area (Å²) in [6.45, 7) is 6.15. The summed E-state index contributed by atoms with van der Waals surface area (Å²) in [5.74, 6) is 2.12. The van der Waals surface area contributed by atoms with E-state index in [4.69, 9.17) is 16.6 Å². The van der Waals surface area contributed by atoms with Gasteiger partial charge < -0.3 is 15.0 Å². The standard InChI is InChI=1S/C20H27N7O2.C4H4ClNS/c1-13(2)6-20-24-17-10-21-19(27-23-9-15(11-28)25-27)8-18(17)26(20)16-5-3-4-14(7-16)22-12-29;1-3-6-2-4(5)7-3/h8-10,12-14,16,28H,3-7,11H2,1-2H3,(H,22,29);2H,1H3. The van der Waals surface area contributed by atoms with Crippen molar-refractivity contribution in [1.29, 1.82) is 0 Å². The van der Waals surface area contributed by atoms with Crippen molar-refractivity contribution in [2.45, 2.75) is 71.6 Å². The van der Waals surface area contributed by atoms with Crippen LogP contribution in [0.25, 0.3) is 16.9 Å². The second-order valence-electron chi connectivity index (χ2n) is 9.30. The van der Waals surface area contributed by atoms with Crippen LogP contribution in [-0.2, 0) is 17.8 Å². The Kier molecular flexibility index (Phi) is 8.65. The first-order valence-corrected chi connectivity index (χ1v) is 13.2. The fourth-order valence-corrected chi connectivity index (χ4v) is 5.40. The molecular formula is C24H31ClN8O2S. The summed E-state index contributed by atoms with van der Waals surface area (Å²) in [5, 5.41) is 21.7. The minimum absolute atomic E-state index is 0.161. The van der Waals surface area contributed by atoms with Gasteiger partial charge in [-0.1, -0.05) is 25.4 Å². The van der Waals surface area contributed by atoms with Gasteiger partial charge in [0.2, 0.25) is 6.41 Å². The second-order valence-corrected chi connectivity index (χ2v) is 11.2. The Hall–Kier alpha value is -2.89. The molecule has 1 aliphatic rings. The van der Waals surface area contributed by atoms with Gasteiger partial charge in [-0.25, -0.2) is 15.0 Å². The molecule has 2 atom stereocenters. The Morgan fingerprint density at radius 1 is 1.28 bits per heavy atom. The van der Waals surface area contributed by atoms with Crippen LogP contribution in [0.3, 0.4) is 0 Å². The van der Waals surface area contributed by atoms with E-state index in [9.17, 15) is 9.90 Å². The topological polar surface area (TPSA) is 124 Å². The van der Waals surface area contributed by atoms with Crippen LogP contribution in [0.15, 0.2) is 24.7 Å². The quantitative estimate of drug-likeness (QED) is 0.345. The van der Waals surface area contributed by atoms with E-state index in [1.165, 1.54) is 22.3 Å². The molecule has 12 heteroatoms. The number of carbonyl (C=O) groups excluding carboxylic acids is 1. The Bertz CT molecular complexity index is 1280. The Morgan fingerprint density at radius 3 is 2.72 bits per heavy atom. The van der Waals surface area contributed by atoms with Crippen LogP contribution in [-0.4, -0.2) is 52.1 Å². The number of thiazole rings is 1. The lowest BCUT2D eigenvalue weighted by Crippen LogP contribution is -2.34. The maximum absolute atomic E-state index is 10.9. The summed E-state index contributed by atoms with van der Waals surface area (Å²) in [6.07, 6.45) is 10.6. The number of amides is 1. The van der Waals surface area contributed by atoms with Gasteiger partial charge in [0.15, 0.2) is 5.82 Å². The zero-order valence-corrected chi connectivity index (χ0v) is 22.2. The molecule has 2 N–H and O–H groups in total. The summed E-state index contributed by atoms with van der Waals surface area (Å²) in [7, 11) is 0. The number of rotatable bonds is 7. The molecule has 4 heterocycles. The van der Waals surface area contributed by atoms with Crippen molar-refractivity contribution in [3.05, 3.63) is 45.5 Å². The van der Waals surface area contributed by atoms with Gasteiger partial charge in [-0.2, -0.15) is 5.10 Å². The third-order valence-corrected chi connectivity index (χ3v) is 7.07. The minimum Gasteiger partial charge on any atom is -0.390 e. The van der Waals surface area contributed by atoms with Crippen LogP contribution >= 0.6 is 22.9 Å². The summed E-state index contributed by atoms with van der Waals surface area (Å²) in [6, 6.07) is 2.43. The molecule has 0 bridgehead atoms. The lowest BCUT2D eigenvalue weighted by atomic mass is 9.90. The van der Waals surface area contributed by atoms with E-state index < -0.39 is 0 Å². The third-order valence-electron chi connectivity index (χ3n) is 6.04. The van der Waals surface area contributed by atoms with E-state index in [2.05, 4.69) is 43.9 Å². The minimum atomic E-state index is -0.161. The zero-order chi connectivity index (χ0) is 25.7. The average molecular weight is 531 g/mol. The number of pyridine rings is 1. The fourth-order valence-electron chi connectivity index (χ4n) is 4.52. The monoisotopic (exact) mass is 530 g/mol. The van der Waals surface area contributed by atoms with Gasteiger partial charge in [-0.3, -0.25) is 4.79 Å². The molecule has 1 saturated carbocycles. The first kappa shape index (κ1) is 26.2. The van der Waals surface area contributed by atoms with Gasteiger partial charge in [-0.15, -0.1) is 21.2 Å². The van der Waals surface area contributed by atoms with E-state index in [0.717, 1.165) is 64.7 Å². The van der Waals surface area contributed by atoms with Gasteiger partial charge in [-0.05, 0) is 38.5 Å². The molecule has 1 amide bonds. The summed E-state index contributed by atoms with van der Waals surface area (Å²) >= 11 is 7.01. The van der Waals surface area contributed by atoms with Crippen molar-refractivity contribution in [2.75, 3.05) is 0 Å². The Morgan fingerprint density at radius 2 is 2.11 bits per heavy atom. The van der Waals surface area contributed by atoms with Crippen molar-refractivity contribution in [2.24, 2.45) is 5.92 Å². The number of imidazole rings is 1. The maximum atomic E-state index is 10.9. The number of fused-ring (bicyclic) bond motifs is 1. The molecule has 36 heavy (non-hydrogen) atoms. The molecule has 4 aromatic rings. The van der Waals surface area contributed by atoms with Crippen LogP contribution in [0.5, 0.6) is 0 Å². The fraction of sp³-hybridized carbons (Fsp3) is 0.500. The Balaban J connectivity index is 0.000000375. The number of aliphatic hydroxyl groups excluding tert-OH is 1. The van der Waals surface area contributed by atoms with Gasteiger partial charge in [0, 0.05) is 24.6 Å². The highest BCUT2D eigenvalue weighted by Crippen LogP contribution is 2.33. The van der Waals surface area contributed by atoms with Crippen LogP contribution in [0.4, 0.5) is 0 Å². The van der Waals surface area contributed by atoms with E-state index in [0.29, 0.717) is 17.4 Å². The van der Waals surface area contributed by atoms with Crippen molar-refractivity contribution in [3.8, 4) is 5.82 Å². The third kappa shape index (κ3) is 6.26. The van der Waals surface area contributed by atoms with Crippen molar-refractivity contribution < 1.29 is 9.90 Å². The molecule has 0 spiro atoms. The number of aliphatic hydroxyl groups is 1. The predicted molar refractivity (Wildman–Crippen MR) is 139 cm³/mol. The van der Waals surface area contributed by atoms with Crippen LogP contribution in [0.2, 0.25) is 4.34 Å². The van der Waals surface area contributed by atoms with Crippen LogP contribution in [0.1, 0.15) is 62.1 Å². The number of hydrogen-bond acceptors (Lipinski definition) is 8. The van der Waals surface area contributed by atoms with E-state index in [1.807, 2.05) is 13.0 Å². The zero-order valence-electron chi connectivity index (χ0n) is 20.6. The molecule has 4 aromatic heterocycles.